The maximum absolute atomic E-state index is 12.7. The summed E-state index contributed by atoms with van der Waals surface area (Å²) in [5.41, 5.74) is 3.52. The maximum atomic E-state index is 12.7. The lowest BCUT2D eigenvalue weighted by molar-refractivity contribution is -0.125. The molecular formula is C21H23NO2. The Labute approximate surface area is 143 Å². The van der Waals surface area contributed by atoms with E-state index in [0.717, 1.165) is 31.6 Å². The summed E-state index contributed by atoms with van der Waals surface area (Å²) < 4.78 is 5.56. The number of hydrogen-bond acceptors (Lipinski definition) is 3. The number of hydrogen-bond donors (Lipinski definition) is 1. The van der Waals surface area contributed by atoms with Gasteiger partial charge in [0, 0.05) is 24.4 Å². The van der Waals surface area contributed by atoms with Gasteiger partial charge in [-0.2, -0.15) is 0 Å². The zero-order chi connectivity index (χ0) is 16.4. The van der Waals surface area contributed by atoms with E-state index in [2.05, 4.69) is 41.7 Å². The van der Waals surface area contributed by atoms with Crippen LogP contribution in [0.25, 0.3) is 11.1 Å². The summed E-state index contributed by atoms with van der Waals surface area (Å²) >= 11 is 0. The van der Waals surface area contributed by atoms with Crippen LogP contribution in [0.15, 0.2) is 54.6 Å². The molecule has 0 aromatic heterocycles. The third kappa shape index (κ3) is 3.42. The minimum absolute atomic E-state index is 0.180. The lowest BCUT2D eigenvalue weighted by Crippen LogP contribution is -2.55. The number of benzene rings is 2. The lowest BCUT2D eigenvalue weighted by Gasteiger charge is -2.39. The molecule has 0 radical (unpaired) electrons. The van der Waals surface area contributed by atoms with Crippen LogP contribution in [-0.4, -0.2) is 31.1 Å². The Morgan fingerprint density at radius 2 is 1.54 bits per heavy atom. The minimum atomic E-state index is 0.180. The Balaban J connectivity index is 1.41. The second kappa shape index (κ2) is 6.88. The smallest absolute Gasteiger partial charge is 0.140 e. The highest BCUT2D eigenvalue weighted by molar-refractivity contribution is 5.83. The number of ether oxygens (including phenoxy) is 1. The van der Waals surface area contributed by atoms with E-state index in [0.29, 0.717) is 24.3 Å². The van der Waals surface area contributed by atoms with Gasteiger partial charge >= 0.3 is 0 Å². The van der Waals surface area contributed by atoms with E-state index in [9.17, 15) is 4.79 Å². The van der Waals surface area contributed by atoms with Crippen molar-refractivity contribution in [2.45, 2.75) is 31.3 Å². The van der Waals surface area contributed by atoms with Gasteiger partial charge in [-0.3, -0.25) is 4.79 Å². The van der Waals surface area contributed by atoms with E-state index in [1.165, 1.54) is 11.1 Å². The Kier molecular flexibility index (Phi) is 4.46. The summed E-state index contributed by atoms with van der Waals surface area (Å²) in [5.74, 6) is 0.555. The highest BCUT2D eigenvalue weighted by Gasteiger charge is 2.34. The fourth-order valence-corrected chi connectivity index (χ4v) is 3.89. The van der Waals surface area contributed by atoms with Crippen LogP contribution in [0.3, 0.4) is 0 Å². The monoisotopic (exact) mass is 321 g/mol. The average molecular weight is 321 g/mol. The molecule has 2 heterocycles. The number of Topliss-reactive ketones (excluding diaryl/α,β-unsaturated/α-hetero) is 1. The number of morpholine rings is 1. The first kappa shape index (κ1) is 15.6. The molecule has 2 bridgehead atoms. The number of fused-ring (bicyclic) bond motifs is 2. The van der Waals surface area contributed by atoms with Crippen LogP contribution in [-0.2, 0) is 16.0 Å². The third-order valence-electron chi connectivity index (χ3n) is 5.14. The van der Waals surface area contributed by atoms with Crippen LogP contribution in [0.1, 0.15) is 18.4 Å². The fourth-order valence-electron chi connectivity index (χ4n) is 3.89. The molecule has 2 saturated heterocycles. The average Bonchev–Trinajstić information content (AvgIpc) is 2.63. The number of rotatable bonds is 4. The van der Waals surface area contributed by atoms with Gasteiger partial charge in [0.05, 0.1) is 13.2 Å². The molecule has 124 valence electrons. The van der Waals surface area contributed by atoms with Crippen molar-refractivity contribution in [3.8, 4) is 11.1 Å². The van der Waals surface area contributed by atoms with Crippen molar-refractivity contribution in [1.82, 2.24) is 5.32 Å². The normalized spacial score (nSPS) is 26.1. The second-order valence-electron chi connectivity index (χ2n) is 6.97. The van der Waals surface area contributed by atoms with Gasteiger partial charge in [0.25, 0.3) is 0 Å². The first-order chi connectivity index (χ1) is 11.8. The van der Waals surface area contributed by atoms with Gasteiger partial charge in [0.2, 0.25) is 0 Å². The van der Waals surface area contributed by atoms with Crippen LogP contribution >= 0.6 is 0 Å². The SMILES string of the molecule is O=C(Cc1ccc(-c2ccccc2)cc1)C1CC2COCC(C1)N2. The van der Waals surface area contributed by atoms with Crippen LogP contribution in [0.4, 0.5) is 0 Å². The number of nitrogens with one attached hydrogen (secondary N) is 1. The van der Waals surface area contributed by atoms with Crippen LogP contribution in [0.5, 0.6) is 0 Å². The molecule has 2 unspecified atom stereocenters. The lowest BCUT2D eigenvalue weighted by atomic mass is 9.82. The quantitative estimate of drug-likeness (QED) is 0.939. The molecule has 2 aromatic carbocycles. The summed E-state index contributed by atoms with van der Waals surface area (Å²) in [6.07, 6.45) is 2.37. The minimum Gasteiger partial charge on any atom is -0.378 e. The van der Waals surface area contributed by atoms with Crippen molar-refractivity contribution >= 4 is 5.78 Å². The summed E-state index contributed by atoms with van der Waals surface area (Å²) in [6.45, 7) is 1.48. The Morgan fingerprint density at radius 1 is 0.917 bits per heavy atom. The molecule has 3 heteroatoms. The molecule has 0 spiro atoms. The molecule has 3 nitrogen and oxygen atoms in total. The Bertz CT molecular complexity index is 684. The first-order valence-corrected chi connectivity index (χ1v) is 8.79. The standard InChI is InChI=1S/C21H23NO2/c23-21(18-11-19-13-24-14-20(12-18)22-19)10-15-6-8-17(9-7-15)16-4-2-1-3-5-16/h1-9,18-20,22H,10-14H2. The first-order valence-electron chi connectivity index (χ1n) is 8.79. The molecule has 0 amide bonds. The van der Waals surface area contributed by atoms with Gasteiger partial charge in [-0.25, -0.2) is 0 Å². The highest BCUT2D eigenvalue weighted by Crippen LogP contribution is 2.26. The van der Waals surface area contributed by atoms with Crippen molar-refractivity contribution < 1.29 is 9.53 Å². The number of piperidine rings is 1. The molecule has 2 fully saturated rings. The summed E-state index contributed by atoms with van der Waals surface area (Å²) in [5, 5.41) is 3.55. The molecule has 0 aliphatic carbocycles. The summed E-state index contributed by atoms with van der Waals surface area (Å²) in [4.78, 5) is 12.7. The van der Waals surface area contributed by atoms with Gasteiger partial charge in [-0.15, -0.1) is 0 Å². The second-order valence-corrected chi connectivity index (χ2v) is 6.97. The van der Waals surface area contributed by atoms with E-state index in [1.807, 2.05) is 18.2 Å². The molecule has 0 saturated carbocycles. The predicted octanol–water partition coefficient (Wildman–Crippen LogP) is 3.23. The van der Waals surface area contributed by atoms with Crippen molar-refractivity contribution in [3.05, 3.63) is 60.2 Å². The summed E-state index contributed by atoms with van der Waals surface area (Å²) in [6, 6.07) is 19.4. The third-order valence-corrected chi connectivity index (χ3v) is 5.14. The zero-order valence-corrected chi connectivity index (χ0v) is 13.8. The van der Waals surface area contributed by atoms with Gasteiger partial charge in [-0.1, -0.05) is 54.6 Å². The zero-order valence-electron chi connectivity index (χ0n) is 13.8. The van der Waals surface area contributed by atoms with Crippen molar-refractivity contribution in [2.75, 3.05) is 13.2 Å². The highest BCUT2D eigenvalue weighted by atomic mass is 16.5. The van der Waals surface area contributed by atoms with Crippen molar-refractivity contribution in [2.24, 2.45) is 5.92 Å². The number of carbonyl (C=O) groups excluding carboxylic acids is 1. The molecule has 4 rings (SSSR count). The molecule has 2 aromatic rings. The largest absolute Gasteiger partial charge is 0.378 e. The maximum Gasteiger partial charge on any atom is 0.140 e. The van der Waals surface area contributed by atoms with Gasteiger partial charge < -0.3 is 10.1 Å². The molecular weight excluding hydrogens is 298 g/mol. The number of carbonyl (C=O) groups is 1. The van der Waals surface area contributed by atoms with Crippen LogP contribution in [0.2, 0.25) is 0 Å². The van der Waals surface area contributed by atoms with E-state index < -0.39 is 0 Å². The predicted molar refractivity (Wildman–Crippen MR) is 94.8 cm³/mol. The van der Waals surface area contributed by atoms with Crippen molar-refractivity contribution in [1.29, 1.82) is 0 Å². The number of ketones is 1. The van der Waals surface area contributed by atoms with Gasteiger partial charge in [-0.05, 0) is 29.5 Å². The van der Waals surface area contributed by atoms with E-state index in [-0.39, 0.29) is 5.92 Å². The van der Waals surface area contributed by atoms with E-state index in [1.54, 1.807) is 0 Å². The molecule has 2 aliphatic rings. The van der Waals surface area contributed by atoms with Crippen molar-refractivity contribution in [3.63, 3.8) is 0 Å². The fraction of sp³-hybridized carbons (Fsp3) is 0.381. The van der Waals surface area contributed by atoms with Crippen LogP contribution in [0, 0.1) is 5.92 Å². The Hall–Kier alpha value is -1.97. The topological polar surface area (TPSA) is 38.3 Å². The molecule has 1 N–H and O–H groups in total. The molecule has 2 aliphatic heterocycles. The molecule has 24 heavy (non-hydrogen) atoms. The van der Waals surface area contributed by atoms with E-state index >= 15 is 0 Å². The molecule has 2 atom stereocenters. The Morgan fingerprint density at radius 3 is 2.21 bits per heavy atom. The van der Waals surface area contributed by atoms with E-state index in [4.69, 9.17) is 4.74 Å². The van der Waals surface area contributed by atoms with Gasteiger partial charge in [0.1, 0.15) is 5.78 Å². The van der Waals surface area contributed by atoms with Gasteiger partial charge in [0.15, 0.2) is 0 Å². The summed E-state index contributed by atoms with van der Waals surface area (Å²) in [7, 11) is 0. The van der Waals surface area contributed by atoms with Crippen LogP contribution < -0.4 is 5.32 Å².